The van der Waals surface area contributed by atoms with Crippen molar-refractivity contribution in [2.75, 3.05) is 33.3 Å². The van der Waals surface area contributed by atoms with E-state index < -0.39 is 0 Å². The third-order valence-corrected chi connectivity index (χ3v) is 4.49. The summed E-state index contributed by atoms with van der Waals surface area (Å²) in [4.78, 5) is 2.56. The molecule has 0 aromatic heterocycles. The smallest absolute Gasteiger partial charge is 0.0599 e. The zero-order chi connectivity index (χ0) is 12.6. The van der Waals surface area contributed by atoms with Gasteiger partial charge in [0.25, 0.3) is 0 Å². The largest absolute Gasteiger partial charge is 0.378 e. The van der Waals surface area contributed by atoms with Gasteiger partial charge in [0.2, 0.25) is 0 Å². The second-order valence-corrected chi connectivity index (χ2v) is 5.95. The van der Waals surface area contributed by atoms with Crippen LogP contribution in [0.25, 0.3) is 0 Å². The number of piperidine rings is 1. The van der Waals surface area contributed by atoms with E-state index in [9.17, 15) is 0 Å². The number of hydrogen-bond acceptors (Lipinski definition) is 3. The Morgan fingerprint density at radius 1 is 1.06 bits per heavy atom. The fourth-order valence-electron chi connectivity index (χ4n) is 3.23. The lowest BCUT2D eigenvalue weighted by molar-refractivity contribution is 0.0264. The maximum Gasteiger partial charge on any atom is 0.0599 e. The Hall–Kier alpha value is -0.120. The molecule has 2 aliphatic rings. The van der Waals surface area contributed by atoms with Crippen LogP contribution in [0.5, 0.6) is 0 Å². The summed E-state index contributed by atoms with van der Waals surface area (Å²) in [6, 6.07) is 0.845. The number of nitrogens with one attached hydrogen (secondary N) is 1. The van der Waals surface area contributed by atoms with E-state index in [4.69, 9.17) is 4.74 Å². The highest BCUT2D eigenvalue weighted by Gasteiger charge is 2.17. The monoisotopic (exact) mass is 254 g/mol. The van der Waals surface area contributed by atoms with Crippen LogP contribution in [-0.4, -0.2) is 50.3 Å². The molecule has 1 heterocycles. The maximum atomic E-state index is 5.95. The van der Waals surface area contributed by atoms with E-state index >= 15 is 0 Å². The highest BCUT2D eigenvalue weighted by Crippen LogP contribution is 2.21. The second-order valence-electron chi connectivity index (χ2n) is 5.95. The molecule has 0 unspecified atom stereocenters. The molecule has 0 amide bonds. The molecule has 3 nitrogen and oxygen atoms in total. The molecule has 0 radical (unpaired) electrons. The van der Waals surface area contributed by atoms with Crippen molar-refractivity contribution in [3.05, 3.63) is 0 Å². The van der Waals surface area contributed by atoms with E-state index in [0.29, 0.717) is 6.10 Å². The first-order valence-electron chi connectivity index (χ1n) is 7.89. The van der Waals surface area contributed by atoms with Crippen LogP contribution in [0, 0.1) is 0 Å². The predicted octanol–water partition coefficient (Wildman–Crippen LogP) is 2.41. The summed E-state index contributed by atoms with van der Waals surface area (Å²) >= 11 is 0. The predicted molar refractivity (Wildman–Crippen MR) is 76.0 cm³/mol. The van der Waals surface area contributed by atoms with E-state index in [1.807, 2.05) is 0 Å². The summed E-state index contributed by atoms with van der Waals surface area (Å²) in [5, 5.41) is 3.38. The lowest BCUT2D eigenvalue weighted by Crippen LogP contribution is -2.35. The highest BCUT2D eigenvalue weighted by molar-refractivity contribution is 4.73. The van der Waals surface area contributed by atoms with E-state index in [-0.39, 0.29) is 0 Å². The Labute approximate surface area is 112 Å². The fourth-order valence-corrected chi connectivity index (χ4v) is 3.23. The molecule has 0 aromatic rings. The zero-order valence-electron chi connectivity index (χ0n) is 12.0. The zero-order valence-corrected chi connectivity index (χ0v) is 12.0. The SMILES string of the molecule is CN(CCCOC1CCNCC1)C1CCCCC1. The average Bonchev–Trinajstić information content (AvgIpc) is 2.45. The van der Waals surface area contributed by atoms with Gasteiger partial charge < -0.3 is 15.0 Å². The standard InChI is InChI=1S/C15H30N2O/c1-17(14-6-3-2-4-7-14)12-5-13-18-15-8-10-16-11-9-15/h14-16H,2-13H2,1H3. The van der Waals surface area contributed by atoms with Crippen LogP contribution < -0.4 is 5.32 Å². The molecule has 1 aliphatic carbocycles. The van der Waals surface area contributed by atoms with Gasteiger partial charge in [-0.05, 0) is 52.2 Å². The van der Waals surface area contributed by atoms with Crippen molar-refractivity contribution >= 4 is 0 Å². The molecular formula is C15H30N2O. The number of ether oxygens (including phenoxy) is 1. The summed E-state index contributed by atoms with van der Waals surface area (Å²) in [5.41, 5.74) is 0. The molecule has 1 N–H and O–H groups in total. The molecule has 1 aliphatic heterocycles. The van der Waals surface area contributed by atoms with E-state index in [1.165, 1.54) is 57.9 Å². The summed E-state index contributed by atoms with van der Waals surface area (Å²) < 4.78 is 5.95. The molecule has 1 saturated heterocycles. The maximum absolute atomic E-state index is 5.95. The molecular weight excluding hydrogens is 224 g/mol. The van der Waals surface area contributed by atoms with Crippen molar-refractivity contribution in [1.82, 2.24) is 10.2 Å². The second kappa shape index (κ2) is 8.13. The summed E-state index contributed by atoms with van der Waals surface area (Å²) in [6.45, 7) is 4.41. The van der Waals surface area contributed by atoms with Crippen molar-refractivity contribution in [2.45, 2.75) is 63.5 Å². The first-order chi connectivity index (χ1) is 8.86. The van der Waals surface area contributed by atoms with E-state index in [1.54, 1.807) is 0 Å². The summed E-state index contributed by atoms with van der Waals surface area (Å²) in [5.74, 6) is 0. The molecule has 3 heteroatoms. The topological polar surface area (TPSA) is 24.5 Å². The van der Waals surface area contributed by atoms with Crippen molar-refractivity contribution in [1.29, 1.82) is 0 Å². The normalized spacial score (nSPS) is 23.7. The molecule has 18 heavy (non-hydrogen) atoms. The lowest BCUT2D eigenvalue weighted by Gasteiger charge is -2.31. The minimum absolute atomic E-state index is 0.520. The van der Waals surface area contributed by atoms with Crippen LogP contribution in [0.15, 0.2) is 0 Å². The quantitative estimate of drug-likeness (QED) is 0.737. The van der Waals surface area contributed by atoms with Gasteiger partial charge in [0.1, 0.15) is 0 Å². The number of rotatable bonds is 6. The van der Waals surface area contributed by atoms with Gasteiger partial charge in [-0.3, -0.25) is 0 Å². The van der Waals surface area contributed by atoms with Crippen LogP contribution in [0.3, 0.4) is 0 Å². The molecule has 0 atom stereocenters. The molecule has 2 rings (SSSR count). The number of nitrogens with zero attached hydrogens (tertiary/aromatic N) is 1. The number of hydrogen-bond donors (Lipinski definition) is 1. The van der Waals surface area contributed by atoms with E-state index in [2.05, 4.69) is 17.3 Å². The molecule has 0 bridgehead atoms. The van der Waals surface area contributed by atoms with Gasteiger partial charge in [-0.1, -0.05) is 19.3 Å². The minimum Gasteiger partial charge on any atom is -0.378 e. The van der Waals surface area contributed by atoms with Crippen molar-refractivity contribution in [3.8, 4) is 0 Å². The minimum atomic E-state index is 0.520. The van der Waals surface area contributed by atoms with Crippen LogP contribution in [-0.2, 0) is 4.74 Å². The molecule has 2 fully saturated rings. The van der Waals surface area contributed by atoms with Crippen molar-refractivity contribution in [3.63, 3.8) is 0 Å². The van der Waals surface area contributed by atoms with Gasteiger partial charge in [-0.2, -0.15) is 0 Å². The first kappa shape index (κ1) is 14.3. The van der Waals surface area contributed by atoms with Crippen molar-refractivity contribution < 1.29 is 4.74 Å². The Morgan fingerprint density at radius 3 is 2.50 bits per heavy atom. The van der Waals surface area contributed by atoms with Gasteiger partial charge in [-0.15, -0.1) is 0 Å². The first-order valence-corrected chi connectivity index (χ1v) is 7.89. The molecule has 0 spiro atoms. The molecule has 106 valence electrons. The highest BCUT2D eigenvalue weighted by atomic mass is 16.5. The van der Waals surface area contributed by atoms with Crippen molar-refractivity contribution in [2.24, 2.45) is 0 Å². The summed E-state index contributed by atoms with van der Waals surface area (Å²) in [7, 11) is 2.29. The van der Waals surface area contributed by atoms with Crippen LogP contribution in [0.4, 0.5) is 0 Å². The Morgan fingerprint density at radius 2 is 1.78 bits per heavy atom. The molecule has 0 aromatic carbocycles. The third kappa shape index (κ3) is 4.87. The van der Waals surface area contributed by atoms with Gasteiger partial charge in [0.15, 0.2) is 0 Å². The summed E-state index contributed by atoms with van der Waals surface area (Å²) in [6.07, 6.45) is 11.2. The van der Waals surface area contributed by atoms with Gasteiger partial charge in [0.05, 0.1) is 6.10 Å². The third-order valence-electron chi connectivity index (χ3n) is 4.49. The average molecular weight is 254 g/mol. The Bertz CT molecular complexity index is 211. The van der Waals surface area contributed by atoms with Gasteiger partial charge in [0, 0.05) is 19.2 Å². The Kier molecular flexibility index (Phi) is 6.46. The van der Waals surface area contributed by atoms with Gasteiger partial charge >= 0.3 is 0 Å². The van der Waals surface area contributed by atoms with Crippen LogP contribution in [0.2, 0.25) is 0 Å². The lowest BCUT2D eigenvalue weighted by atomic mass is 9.94. The molecule has 1 saturated carbocycles. The van der Waals surface area contributed by atoms with Crippen LogP contribution >= 0.6 is 0 Å². The van der Waals surface area contributed by atoms with Crippen LogP contribution in [0.1, 0.15) is 51.4 Å². The Balaban J connectivity index is 1.51. The fraction of sp³-hybridized carbons (Fsp3) is 1.00. The van der Waals surface area contributed by atoms with Gasteiger partial charge in [-0.25, -0.2) is 0 Å². The van der Waals surface area contributed by atoms with E-state index in [0.717, 1.165) is 25.7 Å².